The third-order valence-electron chi connectivity index (χ3n) is 3.10. The Kier molecular flexibility index (Phi) is 6.64. The van der Waals surface area contributed by atoms with Crippen molar-refractivity contribution in [1.29, 1.82) is 0 Å². The van der Waals surface area contributed by atoms with Gasteiger partial charge in [-0.15, -0.1) is 0 Å². The lowest BCUT2D eigenvalue weighted by molar-refractivity contribution is 0.292. The van der Waals surface area contributed by atoms with E-state index in [2.05, 4.69) is 40.9 Å². The number of para-hydroxylation sites is 1. The summed E-state index contributed by atoms with van der Waals surface area (Å²) in [7, 11) is 1.66. The fourth-order valence-electron chi connectivity index (χ4n) is 2.02. The third-order valence-corrected chi connectivity index (χ3v) is 4.23. The molecule has 0 radical (unpaired) electrons. The van der Waals surface area contributed by atoms with E-state index in [-0.39, 0.29) is 0 Å². The van der Waals surface area contributed by atoms with Crippen LogP contribution in [0.1, 0.15) is 18.9 Å². The Bertz CT molecular complexity index is 634. The molecule has 0 unspecified atom stereocenters. The van der Waals surface area contributed by atoms with Crippen LogP contribution in [0.2, 0.25) is 5.02 Å². The topological polar surface area (TPSA) is 30.5 Å². The summed E-state index contributed by atoms with van der Waals surface area (Å²) in [6, 6.07) is 11.8. The van der Waals surface area contributed by atoms with Crippen LogP contribution in [-0.4, -0.2) is 13.7 Å². The van der Waals surface area contributed by atoms with E-state index in [0.29, 0.717) is 18.2 Å². The van der Waals surface area contributed by atoms with Crippen molar-refractivity contribution >= 4 is 39.9 Å². The highest BCUT2D eigenvalue weighted by Gasteiger charge is 2.11. The molecule has 0 bridgehead atoms. The van der Waals surface area contributed by atoms with E-state index < -0.39 is 0 Å². The molecule has 0 saturated carbocycles. The summed E-state index contributed by atoms with van der Waals surface area (Å²) in [5.41, 5.74) is 2.04. The molecule has 0 aliphatic heterocycles. The minimum atomic E-state index is 0.671. The summed E-state index contributed by atoms with van der Waals surface area (Å²) in [6.07, 6.45) is 0.967. The summed E-state index contributed by atoms with van der Waals surface area (Å²) in [5, 5.41) is 4.05. The molecule has 2 aromatic rings. The number of ether oxygens (including phenoxy) is 2. The van der Waals surface area contributed by atoms with Gasteiger partial charge in [0.15, 0.2) is 11.5 Å². The molecule has 0 atom stereocenters. The SMILES string of the molecule is CCCOc1c(I)cc(CNc2ccccc2Cl)cc1OC. The highest BCUT2D eigenvalue weighted by molar-refractivity contribution is 14.1. The number of methoxy groups -OCH3 is 1. The maximum absolute atomic E-state index is 6.15. The number of benzene rings is 2. The zero-order valence-corrected chi connectivity index (χ0v) is 15.6. The average molecular weight is 432 g/mol. The summed E-state index contributed by atoms with van der Waals surface area (Å²) < 4.78 is 12.3. The molecule has 0 aliphatic carbocycles. The molecule has 1 N–H and O–H groups in total. The second kappa shape index (κ2) is 8.48. The van der Waals surface area contributed by atoms with Gasteiger partial charge in [-0.05, 0) is 58.8 Å². The number of anilines is 1. The first-order chi connectivity index (χ1) is 10.7. The van der Waals surface area contributed by atoms with Crippen LogP contribution in [0.5, 0.6) is 11.5 Å². The van der Waals surface area contributed by atoms with E-state index in [1.165, 1.54) is 0 Å². The Balaban J connectivity index is 2.15. The molecule has 0 amide bonds. The predicted molar refractivity (Wildman–Crippen MR) is 100 cm³/mol. The van der Waals surface area contributed by atoms with E-state index in [0.717, 1.165) is 32.7 Å². The Morgan fingerprint density at radius 3 is 2.68 bits per heavy atom. The van der Waals surface area contributed by atoms with Crippen molar-refractivity contribution in [1.82, 2.24) is 0 Å². The normalized spacial score (nSPS) is 10.4. The van der Waals surface area contributed by atoms with Crippen LogP contribution >= 0.6 is 34.2 Å². The molecule has 0 spiro atoms. The van der Waals surface area contributed by atoms with Crippen molar-refractivity contribution in [3.05, 3.63) is 50.6 Å². The highest BCUT2D eigenvalue weighted by atomic mass is 127. The number of rotatable bonds is 7. The Hall–Kier alpha value is -1.14. The van der Waals surface area contributed by atoms with Crippen LogP contribution in [0, 0.1) is 3.57 Å². The number of nitrogens with one attached hydrogen (secondary N) is 1. The number of halogens is 2. The van der Waals surface area contributed by atoms with E-state index in [9.17, 15) is 0 Å². The van der Waals surface area contributed by atoms with Gasteiger partial charge in [-0.3, -0.25) is 0 Å². The van der Waals surface area contributed by atoms with Gasteiger partial charge >= 0.3 is 0 Å². The van der Waals surface area contributed by atoms with Gasteiger partial charge in [0.1, 0.15) is 0 Å². The van der Waals surface area contributed by atoms with Crippen LogP contribution in [0.15, 0.2) is 36.4 Å². The predicted octanol–water partition coefficient (Wildman–Crippen LogP) is 5.35. The zero-order chi connectivity index (χ0) is 15.9. The molecular formula is C17H19ClINO2. The fourth-order valence-corrected chi connectivity index (χ4v) is 3.05. The van der Waals surface area contributed by atoms with Gasteiger partial charge in [0.25, 0.3) is 0 Å². The minimum absolute atomic E-state index is 0.671. The third kappa shape index (κ3) is 4.43. The molecule has 3 nitrogen and oxygen atoms in total. The van der Waals surface area contributed by atoms with Crippen molar-refractivity contribution in [2.45, 2.75) is 19.9 Å². The highest BCUT2D eigenvalue weighted by Crippen LogP contribution is 2.34. The van der Waals surface area contributed by atoms with E-state index in [1.54, 1.807) is 7.11 Å². The molecule has 0 fully saturated rings. The van der Waals surface area contributed by atoms with Crippen LogP contribution in [0.4, 0.5) is 5.69 Å². The number of hydrogen-bond acceptors (Lipinski definition) is 3. The van der Waals surface area contributed by atoms with Crippen LogP contribution < -0.4 is 14.8 Å². The Morgan fingerprint density at radius 1 is 1.23 bits per heavy atom. The molecule has 0 aromatic heterocycles. The molecule has 118 valence electrons. The van der Waals surface area contributed by atoms with E-state index in [1.807, 2.05) is 30.3 Å². The molecule has 2 aromatic carbocycles. The van der Waals surface area contributed by atoms with Crippen LogP contribution in [0.3, 0.4) is 0 Å². The standard InChI is InChI=1S/C17H19ClINO2/c1-3-8-22-17-14(19)9-12(10-16(17)21-2)11-20-15-7-5-4-6-13(15)18/h4-7,9-10,20H,3,8,11H2,1-2H3. The quantitative estimate of drug-likeness (QED) is 0.599. The van der Waals surface area contributed by atoms with Crippen LogP contribution in [-0.2, 0) is 6.54 Å². The second-order valence-corrected chi connectivity index (χ2v) is 6.36. The zero-order valence-electron chi connectivity index (χ0n) is 12.7. The van der Waals surface area contributed by atoms with Crippen molar-refractivity contribution in [2.75, 3.05) is 19.0 Å². The summed E-state index contributed by atoms with van der Waals surface area (Å²) in [4.78, 5) is 0. The molecule has 0 aliphatic rings. The van der Waals surface area contributed by atoms with Crippen LogP contribution in [0.25, 0.3) is 0 Å². The minimum Gasteiger partial charge on any atom is -0.493 e. The van der Waals surface area contributed by atoms with Gasteiger partial charge in [-0.25, -0.2) is 0 Å². The average Bonchev–Trinajstić information content (AvgIpc) is 2.52. The first-order valence-corrected chi connectivity index (χ1v) is 8.59. The van der Waals surface area contributed by atoms with E-state index >= 15 is 0 Å². The maximum atomic E-state index is 6.15. The summed E-state index contributed by atoms with van der Waals surface area (Å²) in [6.45, 7) is 3.44. The van der Waals surface area contributed by atoms with Gasteiger partial charge in [-0.1, -0.05) is 30.7 Å². The van der Waals surface area contributed by atoms with Gasteiger partial charge in [0, 0.05) is 6.54 Å². The molecule has 5 heteroatoms. The lowest BCUT2D eigenvalue weighted by Gasteiger charge is -2.15. The lowest BCUT2D eigenvalue weighted by atomic mass is 10.2. The van der Waals surface area contributed by atoms with E-state index in [4.69, 9.17) is 21.1 Å². The molecule has 22 heavy (non-hydrogen) atoms. The molecule has 2 rings (SSSR count). The molecule has 0 heterocycles. The van der Waals surface area contributed by atoms with Crippen molar-refractivity contribution in [3.8, 4) is 11.5 Å². The molecular weight excluding hydrogens is 413 g/mol. The van der Waals surface area contributed by atoms with Gasteiger partial charge in [0.2, 0.25) is 0 Å². The Labute approximate surface area is 150 Å². The number of hydrogen-bond donors (Lipinski definition) is 1. The largest absolute Gasteiger partial charge is 0.493 e. The first kappa shape index (κ1) is 17.2. The maximum Gasteiger partial charge on any atom is 0.174 e. The first-order valence-electron chi connectivity index (χ1n) is 7.13. The van der Waals surface area contributed by atoms with Crippen molar-refractivity contribution in [3.63, 3.8) is 0 Å². The monoisotopic (exact) mass is 431 g/mol. The van der Waals surface area contributed by atoms with Gasteiger partial charge in [0.05, 0.1) is 28.0 Å². The van der Waals surface area contributed by atoms with Crippen molar-refractivity contribution < 1.29 is 9.47 Å². The van der Waals surface area contributed by atoms with Gasteiger partial charge < -0.3 is 14.8 Å². The molecule has 0 saturated heterocycles. The summed E-state index contributed by atoms with van der Waals surface area (Å²) in [5.74, 6) is 1.57. The smallest absolute Gasteiger partial charge is 0.174 e. The van der Waals surface area contributed by atoms with Crippen molar-refractivity contribution in [2.24, 2.45) is 0 Å². The Morgan fingerprint density at radius 2 is 2.00 bits per heavy atom. The lowest BCUT2D eigenvalue weighted by Crippen LogP contribution is -2.04. The second-order valence-electron chi connectivity index (χ2n) is 4.79. The van der Waals surface area contributed by atoms with Gasteiger partial charge in [-0.2, -0.15) is 0 Å². The fraction of sp³-hybridized carbons (Fsp3) is 0.294. The summed E-state index contributed by atoms with van der Waals surface area (Å²) >= 11 is 8.43.